The van der Waals surface area contributed by atoms with Gasteiger partial charge in [0.1, 0.15) is 0 Å². The lowest BCUT2D eigenvalue weighted by molar-refractivity contribution is 0.0166. The van der Waals surface area contributed by atoms with Gasteiger partial charge >= 0.3 is 0 Å². The standard InChI is InChI=1S/C7H16NO2/c1-7(2,10)5-6(9)3-4-8/h6,8-10H,3-5H2,1-2H3/t6-/m1/s1. The maximum Gasteiger partial charge on any atom is 0.0616 e. The Labute approximate surface area is 61.9 Å². The lowest BCUT2D eigenvalue weighted by Crippen LogP contribution is -2.26. The van der Waals surface area contributed by atoms with Crippen LogP contribution in [0.15, 0.2) is 0 Å². The van der Waals surface area contributed by atoms with Gasteiger partial charge in [-0.1, -0.05) is 0 Å². The zero-order valence-electron chi connectivity index (χ0n) is 6.59. The van der Waals surface area contributed by atoms with Gasteiger partial charge < -0.3 is 10.2 Å². The maximum absolute atomic E-state index is 9.19. The normalized spacial score (nSPS) is 15.3. The predicted octanol–water partition coefficient (Wildman–Crippen LogP) is 0.181. The first-order valence-corrected chi connectivity index (χ1v) is 3.51. The molecule has 0 aliphatic carbocycles. The molecular weight excluding hydrogens is 130 g/mol. The van der Waals surface area contributed by atoms with Crippen LogP contribution in [0.2, 0.25) is 0 Å². The summed E-state index contributed by atoms with van der Waals surface area (Å²) in [5, 5.41) is 18.3. The van der Waals surface area contributed by atoms with Gasteiger partial charge in [-0.2, -0.15) is 0 Å². The first kappa shape index (κ1) is 9.88. The van der Waals surface area contributed by atoms with E-state index in [1.807, 2.05) is 0 Å². The number of nitrogens with one attached hydrogen (secondary N) is 1. The number of rotatable bonds is 4. The van der Waals surface area contributed by atoms with Gasteiger partial charge in [-0.05, 0) is 20.3 Å². The third-order valence-corrected chi connectivity index (χ3v) is 1.21. The van der Waals surface area contributed by atoms with Crippen molar-refractivity contribution >= 4 is 0 Å². The van der Waals surface area contributed by atoms with Crippen molar-refractivity contribution in [2.45, 2.75) is 38.4 Å². The first-order chi connectivity index (χ1) is 4.45. The van der Waals surface area contributed by atoms with Gasteiger partial charge in [-0.15, -0.1) is 0 Å². The second-order valence-electron chi connectivity index (χ2n) is 3.21. The van der Waals surface area contributed by atoms with Crippen LogP contribution in [0, 0.1) is 0 Å². The van der Waals surface area contributed by atoms with Crippen molar-refractivity contribution in [3.8, 4) is 0 Å². The molecule has 0 fully saturated rings. The van der Waals surface area contributed by atoms with E-state index in [-0.39, 0.29) is 6.54 Å². The summed E-state index contributed by atoms with van der Waals surface area (Å²) < 4.78 is 0. The van der Waals surface area contributed by atoms with Crippen LogP contribution in [0.5, 0.6) is 0 Å². The molecule has 61 valence electrons. The van der Waals surface area contributed by atoms with E-state index < -0.39 is 11.7 Å². The minimum absolute atomic E-state index is 0.219. The smallest absolute Gasteiger partial charge is 0.0616 e. The molecule has 3 heteroatoms. The molecule has 0 bridgehead atoms. The van der Waals surface area contributed by atoms with Crippen LogP contribution >= 0.6 is 0 Å². The predicted molar refractivity (Wildman–Crippen MR) is 39.5 cm³/mol. The fraction of sp³-hybridized carbons (Fsp3) is 1.00. The largest absolute Gasteiger partial charge is 0.393 e. The van der Waals surface area contributed by atoms with Gasteiger partial charge in [0.2, 0.25) is 0 Å². The Morgan fingerprint density at radius 3 is 2.30 bits per heavy atom. The van der Waals surface area contributed by atoms with Crippen LogP contribution in [-0.4, -0.2) is 28.5 Å². The van der Waals surface area contributed by atoms with E-state index >= 15 is 0 Å². The SMILES string of the molecule is CC(C)(O)C[C@H](O)CC[NH]. The van der Waals surface area contributed by atoms with E-state index in [2.05, 4.69) is 0 Å². The van der Waals surface area contributed by atoms with Gasteiger partial charge in [-0.3, -0.25) is 5.73 Å². The highest BCUT2D eigenvalue weighted by molar-refractivity contribution is 4.70. The Kier molecular flexibility index (Phi) is 3.86. The highest BCUT2D eigenvalue weighted by Gasteiger charge is 2.17. The molecule has 0 aromatic rings. The third-order valence-electron chi connectivity index (χ3n) is 1.21. The molecule has 0 unspecified atom stereocenters. The highest BCUT2D eigenvalue weighted by Crippen LogP contribution is 2.11. The fourth-order valence-corrected chi connectivity index (χ4v) is 0.845. The monoisotopic (exact) mass is 146 g/mol. The van der Waals surface area contributed by atoms with Gasteiger partial charge in [0.25, 0.3) is 0 Å². The van der Waals surface area contributed by atoms with Crippen LogP contribution in [0.4, 0.5) is 0 Å². The Hall–Kier alpha value is -0.120. The van der Waals surface area contributed by atoms with Crippen molar-refractivity contribution in [1.82, 2.24) is 5.73 Å². The Morgan fingerprint density at radius 2 is 2.00 bits per heavy atom. The molecule has 0 aromatic heterocycles. The lowest BCUT2D eigenvalue weighted by Gasteiger charge is -2.20. The van der Waals surface area contributed by atoms with Crippen molar-refractivity contribution in [1.29, 1.82) is 0 Å². The Morgan fingerprint density at radius 1 is 1.50 bits per heavy atom. The number of aliphatic hydroxyl groups excluding tert-OH is 1. The van der Waals surface area contributed by atoms with Crippen molar-refractivity contribution in [2.75, 3.05) is 6.54 Å². The van der Waals surface area contributed by atoms with E-state index in [0.717, 1.165) is 0 Å². The van der Waals surface area contributed by atoms with E-state index in [1.165, 1.54) is 0 Å². The minimum atomic E-state index is -0.811. The molecular formula is C7H16NO2. The molecule has 1 atom stereocenters. The second-order valence-corrected chi connectivity index (χ2v) is 3.21. The number of aliphatic hydroxyl groups is 2. The summed E-state index contributed by atoms with van der Waals surface area (Å²) in [6.07, 6.45) is 0.271. The Balaban J connectivity index is 3.47. The van der Waals surface area contributed by atoms with Crippen LogP contribution in [-0.2, 0) is 0 Å². The summed E-state index contributed by atoms with van der Waals surface area (Å²) >= 11 is 0. The molecule has 0 saturated heterocycles. The molecule has 10 heavy (non-hydrogen) atoms. The first-order valence-electron chi connectivity index (χ1n) is 3.51. The fourth-order valence-electron chi connectivity index (χ4n) is 0.845. The zero-order chi connectivity index (χ0) is 8.20. The van der Waals surface area contributed by atoms with E-state index in [4.69, 9.17) is 10.8 Å². The molecule has 1 radical (unpaired) electrons. The molecule has 3 N–H and O–H groups in total. The summed E-state index contributed by atoms with van der Waals surface area (Å²) in [5.41, 5.74) is 5.99. The molecule has 0 aromatic carbocycles. The molecule has 0 amide bonds. The van der Waals surface area contributed by atoms with Crippen LogP contribution in [0.25, 0.3) is 0 Å². The average Bonchev–Trinajstić information content (AvgIpc) is 1.59. The third kappa shape index (κ3) is 6.01. The van der Waals surface area contributed by atoms with Crippen molar-refractivity contribution in [3.05, 3.63) is 0 Å². The molecule has 0 rings (SSSR count). The van der Waals surface area contributed by atoms with Gasteiger partial charge in [0, 0.05) is 13.0 Å². The summed E-state index contributed by atoms with van der Waals surface area (Å²) in [5.74, 6) is 0. The van der Waals surface area contributed by atoms with Gasteiger partial charge in [0.05, 0.1) is 11.7 Å². The summed E-state index contributed by atoms with van der Waals surface area (Å²) in [7, 11) is 0. The van der Waals surface area contributed by atoms with Gasteiger partial charge in [0.15, 0.2) is 0 Å². The van der Waals surface area contributed by atoms with Crippen LogP contribution in [0.1, 0.15) is 26.7 Å². The van der Waals surface area contributed by atoms with E-state index in [0.29, 0.717) is 12.8 Å². The molecule has 3 nitrogen and oxygen atoms in total. The molecule has 0 aliphatic rings. The molecule has 0 aliphatic heterocycles. The van der Waals surface area contributed by atoms with Crippen molar-refractivity contribution in [2.24, 2.45) is 0 Å². The molecule has 0 spiro atoms. The minimum Gasteiger partial charge on any atom is -0.393 e. The van der Waals surface area contributed by atoms with Crippen molar-refractivity contribution < 1.29 is 10.2 Å². The van der Waals surface area contributed by atoms with Crippen LogP contribution in [0.3, 0.4) is 0 Å². The van der Waals surface area contributed by atoms with Crippen molar-refractivity contribution in [3.63, 3.8) is 0 Å². The zero-order valence-corrected chi connectivity index (χ0v) is 6.59. The average molecular weight is 146 g/mol. The van der Waals surface area contributed by atoms with Crippen LogP contribution < -0.4 is 5.73 Å². The highest BCUT2D eigenvalue weighted by atomic mass is 16.3. The number of hydrogen-bond donors (Lipinski definition) is 2. The van der Waals surface area contributed by atoms with Gasteiger partial charge in [-0.25, -0.2) is 0 Å². The summed E-state index contributed by atoms with van der Waals surface area (Å²) in [6, 6.07) is 0. The maximum atomic E-state index is 9.19. The van der Waals surface area contributed by atoms with E-state index in [9.17, 15) is 5.11 Å². The topological polar surface area (TPSA) is 64.3 Å². The Bertz CT molecular complexity index is 88.1. The molecule has 0 saturated carbocycles. The second kappa shape index (κ2) is 3.91. The quantitative estimate of drug-likeness (QED) is 0.594. The summed E-state index contributed by atoms with van der Waals surface area (Å²) in [6.45, 7) is 3.53. The lowest BCUT2D eigenvalue weighted by atomic mass is 9.99. The summed E-state index contributed by atoms with van der Waals surface area (Å²) in [4.78, 5) is 0. The van der Waals surface area contributed by atoms with E-state index in [1.54, 1.807) is 13.8 Å². The number of hydrogen-bond acceptors (Lipinski definition) is 2. The molecule has 0 heterocycles.